The summed E-state index contributed by atoms with van der Waals surface area (Å²) in [5, 5.41) is 0. The van der Waals surface area contributed by atoms with Crippen molar-refractivity contribution in [3.05, 3.63) is 41.2 Å². The van der Waals surface area contributed by atoms with E-state index in [1.807, 2.05) is 6.20 Å². The Labute approximate surface area is 111 Å². The van der Waals surface area contributed by atoms with Crippen LogP contribution in [-0.2, 0) is 12.8 Å². The highest BCUT2D eigenvalue weighted by molar-refractivity contribution is 5.63. The van der Waals surface area contributed by atoms with E-state index in [4.69, 9.17) is 0 Å². The fourth-order valence-electron chi connectivity index (χ4n) is 2.82. The first kappa shape index (κ1) is 12.2. The van der Waals surface area contributed by atoms with E-state index in [1.165, 1.54) is 29.2 Å². The van der Waals surface area contributed by atoms with Gasteiger partial charge in [0, 0.05) is 17.5 Å². The number of fused-ring (bicyclic) bond motifs is 1. The van der Waals surface area contributed by atoms with Crippen LogP contribution in [0.2, 0.25) is 0 Å². The van der Waals surface area contributed by atoms with Gasteiger partial charge in [-0.25, -0.2) is 14.4 Å². The molecule has 0 atom stereocenters. The highest BCUT2D eigenvalue weighted by Crippen LogP contribution is 2.34. The molecule has 0 spiro atoms. The fraction of sp³-hybridized carbons (Fsp3) is 0.400. The van der Waals surface area contributed by atoms with Crippen LogP contribution in [0.3, 0.4) is 0 Å². The summed E-state index contributed by atoms with van der Waals surface area (Å²) in [4.78, 5) is 12.7. The molecular weight excluding hydrogens is 241 g/mol. The Morgan fingerprint density at radius 1 is 1.05 bits per heavy atom. The molecule has 19 heavy (non-hydrogen) atoms. The Morgan fingerprint density at radius 3 is 2.47 bits per heavy atom. The molecule has 3 rings (SSSR count). The van der Waals surface area contributed by atoms with Gasteiger partial charge in [-0.05, 0) is 36.3 Å². The summed E-state index contributed by atoms with van der Waals surface area (Å²) in [5.74, 6) is 0.537. The molecule has 98 valence electrons. The molecule has 0 saturated carbocycles. The lowest BCUT2D eigenvalue weighted by Crippen LogP contribution is -2.03. The lowest BCUT2D eigenvalue weighted by Gasteiger charge is -2.16. The molecule has 0 unspecified atom stereocenters. The summed E-state index contributed by atoms with van der Waals surface area (Å²) in [7, 11) is 0. The van der Waals surface area contributed by atoms with Crippen molar-refractivity contribution < 1.29 is 4.39 Å². The van der Waals surface area contributed by atoms with E-state index in [0.29, 0.717) is 11.7 Å². The van der Waals surface area contributed by atoms with Gasteiger partial charge in [0.05, 0.1) is 12.4 Å². The van der Waals surface area contributed by atoms with Gasteiger partial charge >= 0.3 is 0 Å². The van der Waals surface area contributed by atoms with Crippen LogP contribution in [0.25, 0.3) is 11.4 Å². The van der Waals surface area contributed by atoms with E-state index >= 15 is 0 Å². The van der Waals surface area contributed by atoms with Crippen LogP contribution in [0, 0.1) is 5.82 Å². The van der Waals surface area contributed by atoms with Crippen LogP contribution in [-0.4, -0.2) is 15.0 Å². The van der Waals surface area contributed by atoms with Crippen LogP contribution < -0.4 is 0 Å². The maximum atomic E-state index is 12.9. The minimum atomic E-state index is -0.413. The summed E-state index contributed by atoms with van der Waals surface area (Å²) < 4.78 is 12.9. The Bertz CT molecular complexity index is 606. The zero-order valence-electron chi connectivity index (χ0n) is 11.2. The molecule has 2 heterocycles. The van der Waals surface area contributed by atoms with E-state index in [9.17, 15) is 4.39 Å². The summed E-state index contributed by atoms with van der Waals surface area (Å²) in [6, 6.07) is 0. The van der Waals surface area contributed by atoms with Crippen molar-refractivity contribution in [1.82, 2.24) is 15.0 Å². The van der Waals surface area contributed by atoms with Crippen LogP contribution in [0.15, 0.2) is 18.6 Å². The third kappa shape index (κ3) is 2.11. The maximum Gasteiger partial charge on any atom is 0.161 e. The van der Waals surface area contributed by atoms with Crippen LogP contribution >= 0.6 is 0 Å². The van der Waals surface area contributed by atoms with Crippen molar-refractivity contribution >= 4 is 0 Å². The molecule has 2 aromatic rings. The van der Waals surface area contributed by atoms with Crippen LogP contribution in [0.4, 0.5) is 4.39 Å². The van der Waals surface area contributed by atoms with Crippen molar-refractivity contribution in [2.24, 2.45) is 0 Å². The fourth-order valence-corrected chi connectivity index (χ4v) is 2.82. The van der Waals surface area contributed by atoms with Gasteiger partial charge in [0.1, 0.15) is 0 Å². The molecule has 3 nitrogen and oxygen atoms in total. The van der Waals surface area contributed by atoms with Crippen molar-refractivity contribution in [3.8, 4) is 11.4 Å². The summed E-state index contributed by atoms with van der Waals surface area (Å²) in [5.41, 5.74) is 4.76. The van der Waals surface area contributed by atoms with Gasteiger partial charge in [-0.15, -0.1) is 0 Å². The standard InChI is InChI=1S/C15H16FN3/c1-9(2)14-11-4-3-5-13(11)17-8-12(14)15-18-6-10(16)7-19-15/h6-9H,3-5H2,1-2H3. The van der Waals surface area contributed by atoms with Crippen molar-refractivity contribution in [3.63, 3.8) is 0 Å². The number of aromatic nitrogens is 3. The average Bonchev–Trinajstić information content (AvgIpc) is 2.86. The van der Waals surface area contributed by atoms with Crippen LogP contribution in [0.5, 0.6) is 0 Å². The zero-order chi connectivity index (χ0) is 13.4. The summed E-state index contributed by atoms with van der Waals surface area (Å²) >= 11 is 0. The highest BCUT2D eigenvalue weighted by atomic mass is 19.1. The van der Waals surface area contributed by atoms with E-state index in [-0.39, 0.29) is 0 Å². The molecule has 0 radical (unpaired) electrons. The molecule has 1 aliphatic rings. The van der Waals surface area contributed by atoms with E-state index in [0.717, 1.165) is 24.8 Å². The minimum absolute atomic E-state index is 0.388. The molecule has 0 amide bonds. The molecule has 0 aliphatic heterocycles. The second kappa shape index (κ2) is 4.68. The van der Waals surface area contributed by atoms with Crippen molar-refractivity contribution in [1.29, 1.82) is 0 Å². The van der Waals surface area contributed by atoms with E-state index < -0.39 is 5.82 Å². The number of rotatable bonds is 2. The van der Waals surface area contributed by atoms with Crippen molar-refractivity contribution in [2.45, 2.75) is 39.0 Å². The third-order valence-corrected chi connectivity index (χ3v) is 3.59. The SMILES string of the molecule is CC(C)c1c(-c2ncc(F)cn2)cnc2c1CCC2. The minimum Gasteiger partial charge on any atom is -0.260 e. The van der Waals surface area contributed by atoms with Gasteiger partial charge in [0.25, 0.3) is 0 Å². The Hall–Kier alpha value is -1.84. The third-order valence-electron chi connectivity index (χ3n) is 3.59. The van der Waals surface area contributed by atoms with E-state index in [2.05, 4.69) is 28.8 Å². The summed E-state index contributed by atoms with van der Waals surface area (Å²) in [6.07, 6.45) is 7.55. The maximum absolute atomic E-state index is 12.9. The quantitative estimate of drug-likeness (QED) is 0.828. The van der Waals surface area contributed by atoms with Crippen LogP contribution in [0.1, 0.15) is 43.0 Å². The molecular formula is C15H16FN3. The number of hydrogen-bond acceptors (Lipinski definition) is 3. The molecule has 0 N–H and O–H groups in total. The predicted molar refractivity (Wildman–Crippen MR) is 71.3 cm³/mol. The Kier molecular flexibility index (Phi) is 3.01. The number of aryl methyl sites for hydroxylation is 1. The number of pyridine rings is 1. The van der Waals surface area contributed by atoms with Crippen molar-refractivity contribution in [2.75, 3.05) is 0 Å². The monoisotopic (exact) mass is 257 g/mol. The van der Waals surface area contributed by atoms with Gasteiger partial charge in [-0.2, -0.15) is 0 Å². The molecule has 0 saturated heterocycles. The van der Waals surface area contributed by atoms with Gasteiger partial charge in [-0.1, -0.05) is 13.8 Å². The van der Waals surface area contributed by atoms with Gasteiger partial charge in [-0.3, -0.25) is 4.98 Å². The lowest BCUT2D eigenvalue weighted by molar-refractivity contribution is 0.614. The van der Waals surface area contributed by atoms with Gasteiger partial charge < -0.3 is 0 Å². The van der Waals surface area contributed by atoms with Gasteiger partial charge in [0.2, 0.25) is 0 Å². The normalized spacial score (nSPS) is 13.9. The molecule has 0 aromatic carbocycles. The van der Waals surface area contributed by atoms with Gasteiger partial charge in [0.15, 0.2) is 11.6 Å². The zero-order valence-corrected chi connectivity index (χ0v) is 11.2. The molecule has 0 bridgehead atoms. The van der Waals surface area contributed by atoms with E-state index in [1.54, 1.807) is 0 Å². The molecule has 1 aliphatic carbocycles. The molecule has 0 fully saturated rings. The molecule has 2 aromatic heterocycles. The predicted octanol–water partition coefficient (Wildman–Crippen LogP) is 3.29. The second-order valence-corrected chi connectivity index (χ2v) is 5.24. The Morgan fingerprint density at radius 2 is 1.79 bits per heavy atom. The first-order valence-electron chi connectivity index (χ1n) is 6.65. The summed E-state index contributed by atoms with van der Waals surface area (Å²) in [6.45, 7) is 4.34. The first-order chi connectivity index (χ1) is 9.16. The average molecular weight is 257 g/mol. The second-order valence-electron chi connectivity index (χ2n) is 5.24. The lowest BCUT2D eigenvalue weighted by atomic mass is 9.92. The number of hydrogen-bond donors (Lipinski definition) is 0. The largest absolute Gasteiger partial charge is 0.260 e. The Balaban J connectivity index is 2.18. The number of nitrogens with zero attached hydrogens (tertiary/aromatic N) is 3. The topological polar surface area (TPSA) is 38.7 Å². The smallest absolute Gasteiger partial charge is 0.161 e. The molecule has 4 heteroatoms. The number of halogens is 1. The highest BCUT2D eigenvalue weighted by Gasteiger charge is 2.22. The first-order valence-corrected chi connectivity index (χ1v) is 6.65.